The van der Waals surface area contributed by atoms with Crippen molar-refractivity contribution in [3.05, 3.63) is 71.5 Å². The monoisotopic (exact) mass is 413 g/mol. The van der Waals surface area contributed by atoms with E-state index in [1.165, 1.54) is 11.8 Å². The Morgan fingerprint density at radius 3 is 2.61 bits per heavy atom. The van der Waals surface area contributed by atoms with Gasteiger partial charge in [-0.3, -0.25) is 5.01 Å². The minimum absolute atomic E-state index is 0.397. The van der Waals surface area contributed by atoms with Crippen LogP contribution in [0, 0.1) is 16.7 Å². The van der Waals surface area contributed by atoms with E-state index in [4.69, 9.17) is 10.4 Å². The van der Waals surface area contributed by atoms with Gasteiger partial charge in [0.25, 0.3) is 0 Å². The number of benzene rings is 1. The van der Waals surface area contributed by atoms with Crippen LogP contribution < -0.4 is 5.01 Å². The first kappa shape index (κ1) is 21.0. The fraction of sp³-hybridized carbons (Fsp3) is 0.320. The van der Waals surface area contributed by atoms with E-state index in [1.807, 2.05) is 36.1 Å². The fourth-order valence-corrected chi connectivity index (χ4v) is 4.46. The van der Waals surface area contributed by atoms with Crippen molar-refractivity contribution in [3.8, 4) is 17.3 Å². The molecule has 1 aromatic carbocycles. The van der Waals surface area contributed by atoms with Gasteiger partial charge in [-0.05, 0) is 49.3 Å². The summed E-state index contributed by atoms with van der Waals surface area (Å²) in [6.45, 7) is 6.28. The van der Waals surface area contributed by atoms with Crippen molar-refractivity contribution in [1.82, 2.24) is 9.99 Å². The van der Waals surface area contributed by atoms with Gasteiger partial charge in [0.1, 0.15) is 0 Å². The van der Waals surface area contributed by atoms with Crippen molar-refractivity contribution >= 4 is 12.0 Å². The predicted molar refractivity (Wildman–Crippen MR) is 123 cm³/mol. The van der Waals surface area contributed by atoms with Gasteiger partial charge in [0.15, 0.2) is 5.82 Å². The maximum absolute atomic E-state index is 10.0. The number of hydrazine groups is 1. The summed E-state index contributed by atoms with van der Waals surface area (Å²) in [7, 11) is 1.90. The zero-order chi connectivity index (χ0) is 22.2. The standard InChI is InChI=1S/C25H27N5O/c1-4-5-20-10-21(14-27)24(30-16-17(13-26)15-29(30)3)28-23(20)19-8-6-18(7-9-19)22-11-25(2,31)12-22/h4,6-10,14,16,22,27,31H,1,5,11-12,15H2,2-3H3. The Hall–Kier alpha value is -3.27. The van der Waals surface area contributed by atoms with E-state index in [0.29, 0.717) is 35.8 Å². The van der Waals surface area contributed by atoms with Gasteiger partial charge in [-0.2, -0.15) is 5.26 Å². The van der Waals surface area contributed by atoms with Crippen molar-refractivity contribution in [3.63, 3.8) is 0 Å². The Kier molecular flexibility index (Phi) is 5.48. The fourth-order valence-electron chi connectivity index (χ4n) is 4.46. The minimum Gasteiger partial charge on any atom is -0.390 e. The van der Waals surface area contributed by atoms with Gasteiger partial charge >= 0.3 is 0 Å². The molecule has 0 bridgehead atoms. The molecule has 1 aliphatic heterocycles. The van der Waals surface area contributed by atoms with E-state index in [0.717, 1.165) is 29.7 Å². The largest absolute Gasteiger partial charge is 0.390 e. The van der Waals surface area contributed by atoms with E-state index in [-0.39, 0.29) is 0 Å². The van der Waals surface area contributed by atoms with Gasteiger partial charge < -0.3 is 10.5 Å². The number of aromatic nitrogens is 1. The summed E-state index contributed by atoms with van der Waals surface area (Å²) < 4.78 is 0. The van der Waals surface area contributed by atoms with Crippen LogP contribution in [0.15, 0.2) is 54.8 Å². The lowest BCUT2D eigenvalue weighted by molar-refractivity contribution is -0.0313. The molecule has 1 aliphatic carbocycles. The SMILES string of the molecule is C=CCc1cc(C=N)c(N2C=C(C#N)CN2C)nc1-c1ccc(C2CC(C)(O)C2)cc1. The summed E-state index contributed by atoms with van der Waals surface area (Å²) in [4.78, 5) is 4.96. The van der Waals surface area contributed by atoms with Crippen LogP contribution in [0.5, 0.6) is 0 Å². The van der Waals surface area contributed by atoms with E-state index < -0.39 is 5.60 Å². The molecule has 31 heavy (non-hydrogen) atoms. The van der Waals surface area contributed by atoms with Crippen molar-refractivity contribution in [1.29, 1.82) is 10.7 Å². The highest BCUT2D eigenvalue weighted by Crippen LogP contribution is 2.44. The first-order valence-electron chi connectivity index (χ1n) is 10.4. The molecule has 6 heteroatoms. The number of anilines is 1. The number of nitrogens with zero attached hydrogens (tertiary/aromatic N) is 4. The number of nitrogens with one attached hydrogen (secondary N) is 1. The number of hydrogen-bond donors (Lipinski definition) is 2. The maximum Gasteiger partial charge on any atom is 0.156 e. The zero-order valence-electron chi connectivity index (χ0n) is 18.0. The highest BCUT2D eigenvalue weighted by molar-refractivity contribution is 5.87. The molecule has 1 saturated carbocycles. The maximum atomic E-state index is 10.0. The van der Waals surface area contributed by atoms with Crippen molar-refractivity contribution in [2.75, 3.05) is 18.6 Å². The first-order chi connectivity index (χ1) is 14.8. The molecule has 0 saturated heterocycles. The van der Waals surface area contributed by atoms with Gasteiger partial charge in [0.2, 0.25) is 0 Å². The van der Waals surface area contributed by atoms with Crippen molar-refractivity contribution in [2.24, 2.45) is 0 Å². The molecule has 2 heterocycles. The third-order valence-corrected chi connectivity index (χ3v) is 6.06. The summed E-state index contributed by atoms with van der Waals surface area (Å²) >= 11 is 0. The Morgan fingerprint density at radius 2 is 2.06 bits per heavy atom. The molecule has 0 radical (unpaired) electrons. The number of allylic oxidation sites excluding steroid dienone is 1. The van der Waals surface area contributed by atoms with Crippen LogP contribution in [-0.2, 0) is 6.42 Å². The molecule has 0 atom stereocenters. The van der Waals surface area contributed by atoms with Crippen LogP contribution in [0.25, 0.3) is 11.3 Å². The van der Waals surface area contributed by atoms with E-state index in [9.17, 15) is 10.4 Å². The lowest BCUT2D eigenvalue weighted by Crippen LogP contribution is -2.39. The molecule has 0 unspecified atom stereocenters. The molecule has 2 aromatic rings. The minimum atomic E-state index is -0.545. The molecule has 2 N–H and O–H groups in total. The molecular weight excluding hydrogens is 386 g/mol. The molecule has 0 spiro atoms. The third kappa shape index (κ3) is 4.02. The lowest BCUT2D eigenvalue weighted by Gasteiger charge is -2.41. The smallest absolute Gasteiger partial charge is 0.156 e. The molecule has 0 amide bonds. The molecule has 4 rings (SSSR count). The van der Waals surface area contributed by atoms with Crippen molar-refractivity contribution in [2.45, 2.75) is 37.7 Å². The first-order valence-corrected chi connectivity index (χ1v) is 10.4. The summed E-state index contributed by atoms with van der Waals surface area (Å²) in [5.41, 5.74) is 4.88. The normalized spacial score (nSPS) is 23.1. The highest BCUT2D eigenvalue weighted by atomic mass is 16.3. The molecule has 6 nitrogen and oxygen atoms in total. The zero-order valence-corrected chi connectivity index (χ0v) is 18.0. The number of pyridine rings is 1. The van der Waals surface area contributed by atoms with Gasteiger partial charge in [0.05, 0.1) is 29.5 Å². The van der Waals surface area contributed by atoms with Crippen LogP contribution in [0.4, 0.5) is 5.82 Å². The van der Waals surface area contributed by atoms with E-state index in [1.54, 1.807) is 6.20 Å². The number of rotatable bonds is 6. The predicted octanol–water partition coefficient (Wildman–Crippen LogP) is 4.18. The topological polar surface area (TPSA) is 87.2 Å². The molecule has 158 valence electrons. The van der Waals surface area contributed by atoms with Crippen LogP contribution in [0.2, 0.25) is 0 Å². The Balaban J connectivity index is 1.74. The number of aliphatic hydroxyl groups is 1. The van der Waals surface area contributed by atoms with Gasteiger partial charge in [0, 0.05) is 30.6 Å². The van der Waals surface area contributed by atoms with Crippen LogP contribution in [0.1, 0.15) is 42.4 Å². The average molecular weight is 414 g/mol. The van der Waals surface area contributed by atoms with E-state index in [2.05, 4.69) is 36.9 Å². The average Bonchev–Trinajstić information content (AvgIpc) is 3.12. The quantitative estimate of drug-likeness (QED) is 0.548. The molecular formula is C25H27N5O. The molecule has 1 fully saturated rings. The summed E-state index contributed by atoms with van der Waals surface area (Å²) in [5, 5.41) is 31.0. The second kappa shape index (κ2) is 8.10. The Bertz CT molecular complexity index is 1090. The summed E-state index contributed by atoms with van der Waals surface area (Å²) in [6.07, 6.45) is 7.15. The number of nitriles is 1. The lowest BCUT2D eigenvalue weighted by atomic mass is 9.69. The van der Waals surface area contributed by atoms with Crippen LogP contribution >= 0.6 is 0 Å². The number of likely N-dealkylation sites (N-methyl/N-ethyl adjacent to an activating group) is 1. The van der Waals surface area contributed by atoms with Crippen LogP contribution in [-0.4, -0.2) is 40.5 Å². The Morgan fingerprint density at radius 1 is 1.35 bits per heavy atom. The van der Waals surface area contributed by atoms with Crippen LogP contribution in [0.3, 0.4) is 0 Å². The third-order valence-electron chi connectivity index (χ3n) is 6.06. The summed E-state index contributed by atoms with van der Waals surface area (Å²) in [5.74, 6) is 1.03. The molecule has 2 aliphatic rings. The van der Waals surface area contributed by atoms with Gasteiger partial charge in [-0.15, -0.1) is 6.58 Å². The van der Waals surface area contributed by atoms with Gasteiger partial charge in [-0.25, -0.2) is 9.99 Å². The summed E-state index contributed by atoms with van der Waals surface area (Å²) in [6, 6.07) is 12.6. The molecule has 1 aromatic heterocycles. The van der Waals surface area contributed by atoms with E-state index >= 15 is 0 Å². The van der Waals surface area contributed by atoms with Gasteiger partial charge in [-0.1, -0.05) is 30.3 Å². The highest BCUT2D eigenvalue weighted by Gasteiger charge is 2.38. The van der Waals surface area contributed by atoms with Crippen molar-refractivity contribution < 1.29 is 5.11 Å². The second-order valence-electron chi connectivity index (χ2n) is 8.70. The Labute approximate surface area is 183 Å². The number of hydrogen-bond acceptors (Lipinski definition) is 6. The second-order valence-corrected chi connectivity index (χ2v) is 8.70.